The summed E-state index contributed by atoms with van der Waals surface area (Å²) in [5, 5.41) is 4.79. The number of rotatable bonds is 8. The molecule has 4 nitrogen and oxygen atoms in total. The minimum absolute atomic E-state index is 0.215. The highest BCUT2D eigenvalue weighted by Crippen LogP contribution is 2.26. The van der Waals surface area contributed by atoms with Crippen LogP contribution in [0.4, 0.5) is 0 Å². The van der Waals surface area contributed by atoms with E-state index in [1.54, 1.807) is 18.0 Å². The number of halogens is 1. The Hall–Kier alpha value is -0.780. The van der Waals surface area contributed by atoms with Crippen LogP contribution in [0.25, 0.3) is 0 Å². The van der Waals surface area contributed by atoms with Gasteiger partial charge in [-0.2, -0.15) is 0 Å². The Kier molecular flexibility index (Phi) is 7.49. The second-order valence-corrected chi connectivity index (χ2v) is 6.86. The molecule has 0 saturated carbocycles. The number of esters is 1. The minimum atomic E-state index is -0.655. The summed E-state index contributed by atoms with van der Waals surface area (Å²) in [5.41, 5.74) is -0.655. The molecular formula is C15H23ClN2O2S. The van der Waals surface area contributed by atoms with E-state index in [-0.39, 0.29) is 12.0 Å². The van der Waals surface area contributed by atoms with Crippen molar-refractivity contribution in [3.8, 4) is 0 Å². The highest BCUT2D eigenvalue weighted by Gasteiger charge is 2.34. The lowest BCUT2D eigenvalue weighted by Gasteiger charge is -2.30. The molecule has 6 heteroatoms. The lowest BCUT2D eigenvalue weighted by molar-refractivity contribution is -0.148. The standard InChI is InChI=1S/C15H23ClN2O2S/c1-11(2)18-15(3,14(19)20-4)8-6-10-21-13-12(16)7-5-9-17-13/h5,7,9,11,18H,6,8,10H2,1-4H3. The van der Waals surface area contributed by atoms with Gasteiger partial charge in [0, 0.05) is 12.2 Å². The first kappa shape index (κ1) is 18.3. The number of hydrogen-bond donors (Lipinski definition) is 1. The largest absolute Gasteiger partial charge is 0.468 e. The first-order chi connectivity index (χ1) is 9.89. The van der Waals surface area contributed by atoms with E-state index in [9.17, 15) is 4.79 Å². The van der Waals surface area contributed by atoms with Crippen molar-refractivity contribution in [2.75, 3.05) is 12.9 Å². The van der Waals surface area contributed by atoms with Crippen LogP contribution in [0.3, 0.4) is 0 Å². The second-order valence-electron chi connectivity index (χ2n) is 5.37. The van der Waals surface area contributed by atoms with Gasteiger partial charge in [-0.05, 0) is 51.5 Å². The van der Waals surface area contributed by atoms with E-state index in [0.29, 0.717) is 11.4 Å². The lowest BCUT2D eigenvalue weighted by Crippen LogP contribution is -2.53. The minimum Gasteiger partial charge on any atom is -0.468 e. The van der Waals surface area contributed by atoms with Crippen molar-refractivity contribution in [1.29, 1.82) is 0 Å². The number of carbonyl (C=O) groups is 1. The summed E-state index contributed by atoms with van der Waals surface area (Å²) in [6.45, 7) is 5.92. The van der Waals surface area contributed by atoms with E-state index in [0.717, 1.165) is 17.2 Å². The third-order valence-corrected chi connectivity index (χ3v) is 4.54. The number of nitrogens with zero attached hydrogens (tertiary/aromatic N) is 1. The molecule has 0 aliphatic carbocycles. The second kappa shape index (κ2) is 8.61. The summed E-state index contributed by atoms with van der Waals surface area (Å²) in [7, 11) is 1.42. The van der Waals surface area contributed by atoms with Gasteiger partial charge in [-0.15, -0.1) is 11.8 Å². The summed E-state index contributed by atoms with van der Waals surface area (Å²) in [6, 6.07) is 3.86. The first-order valence-corrected chi connectivity index (χ1v) is 8.35. The van der Waals surface area contributed by atoms with Gasteiger partial charge in [0.15, 0.2) is 0 Å². The first-order valence-electron chi connectivity index (χ1n) is 6.98. The smallest absolute Gasteiger partial charge is 0.325 e. The molecule has 1 rings (SSSR count). The highest BCUT2D eigenvalue weighted by atomic mass is 35.5. The van der Waals surface area contributed by atoms with E-state index in [1.165, 1.54) is 7.11 Å². The fourth-order valence-corrected chi connectivity index (χ4v) is 3.28. The third kappa shape index (κ3) is 5.85. The summed E-state index contributed by atoms with van der Waals surface area (Å²) in [4.78, 5) is 16.2. The maximum absolute atomic E-state index is 12.0. The van der Waals surface area contributed by atoms with Gasteiger partial charge in [-0.25, -0.2) is 4.98 Å². The molecule has 0 bridgehead atoms. The molecule has 1 N–H and O–H groups in total. The summed E-state index contributed by atoms with van der Waals surface area (Å²) in [6.07, 6.45) is 3.30. The molecule has 0 spiro atoms. The van der Waals surface area contributed by atoms with Crippen LogP contribution >= 0.6 is 23.4 Å². The van der Waals surface area contributed by atoms with Gasteiger partial charge < -0.3 is 4.74 Å². The van der Waals surface area contributed by atoms with Gasteiger partial charge in [0.1, 0.15) is 10.6 Å². The molecule has 0 aromatic carbocycles. The Morgan fingerprint density at radius 3 is 2.86 bits per heavy atom. The number of thioether (sulfide) groups is 1. The highest BCUT2D eigenvalue weighted by molar-refractivity contribution is 7.99. The van der Waals surface area contributed by atoms with Crippen LogP contribution in [0.2, 0.25) is 5.02 Å². The Morgan fingerprint density at radius 1 is 1.57 bits per heavy atom. The fourth-order valence-electron chi connectivity index (χ4n) is 2.17. The molecule has 118 valence electrons. The molecule has 1 aromatic rings. The van der Waals surface area contributed by atoms with Crippen molar-refractivity contribution in [1.82, 2.24) is 10.3 Å². The zero-order valence-corrected chi connectivity index (χ0v) is 14.6. The van der Waals surface area contributed by atoms with Crippen molar-refractivity contribution < 1.29 is 9.53 Å². The summed E-state index contributed by atoms with van der Waals surface area (Å²) >= 11 is 7.67. The van der Waals surface area contributed by atoms with Crippen LogP contribution in [0.15, 0.2) is 23.4 Å². The predicted octanol–water partition coefficient (Wildman–Crippen LogP) is 3.54. The van der Waals surface area contributed by atoms with Gasteiger partial charge in [-0.3, -0.25) is 10.1 Å². The Morgan fingerprint density at radius 2 is 2.29 bits per heavy atom. The average molecular weight is 331 g/mol. The Balaban J connectivity index is 2.51. The molecule has 1 unspecified atom stereocenters. The fraction of sp³-hybridized carbons (Fsp3) is 0.600. The van der Waals surface area contributed by atoms with E-state index >= 15 is 0 Å². The SMILES string of the molecule is COC(=O)C(C)(CCCSc1ncccc1Cl)NC(C)C. The van der Waals surface area contributed by atoms with Crippen LogP contribution in [-0.4, -0.2) is 35.4 Å². The average Bonchev–Trinajstić information content (AvgIpc) is 2.43. The molecule has 0 fully saturated rings. The maximum Gasteiger partial charge on any atom is 0.325 e. The number of methoxy groups -OCH3 is 1. The van der Waals surface area contributed by atoms with E-state index < -0.39 is 5.54 Å². The van der Waals surface area contributed by atoms with Gasteiger partial charge in [0.25, 0.3) is 0 Å². The Bertz CT molecular complexity index is 471. The molecule has 1 aromatic heterocycles. The molecule has 0 saturated heterocycles. The predicted molar refractivity (Wildman–Crippen MR) is 87.9 cm³/mol. The molecule has 0 amide bonds. The van der Waals surface area contributed by atoms with E-state index in [2.05, 4.69) is 10.3 Å². The van der Waals surface area contributed by atoms with Crippen molar-refractivity contribution in [3.63, 3.8) is 0 Å². The van der Waals surface area contributed by atoms with E-state index in [1.807, 2.05) is 32.9 Å². The van der Waals surface area contributed by atoms with Gasteiger partial charge >= 0.3 is 5.97 Å². The monoisotopic (exact) mass is 330 g/mol. The number of carbonyl (C=O) groups excluding carboxylic acids is 1. The van der Waals surface area contributed by atoms with Crippen LogP contribution < -0.4 is 5.32 Å². The molecule has 1 heterocycles. The van der Waals surface area contributed by atoms with Gasteiger partial charge in [0.2, 0.25) is 0 Å². The quantitative estimate of drug-likeness (QED) is 0.449. The normalized spacial score (nSPS) is 14.0. The van der Waals surface area contributed by atoms with Gasteiger partial charge in [-0.1, -0.05) is 11.6 Å². The molecule has 0 aliphatic rings. The molecular weight excluding hydrogens is 308 g/mol. The topological polar surface area (TPSA) is 51.2 Å². The van der Waals surface area contributed by atoms with Crippen LogP contribution in [0.1, 0.15) is 33.6 Å². The zero-order chi connectivity index (χ0) is 15.9. The van der Waals surface area contributed by atoms with Crippen LogP contribution in [0, 0.1) is 0 Å². The third-order valence-electron chi connectivity index (χ3n) is 3.03. The number of pyridine rings is 1. The maximum atomic E-state index is 12.0. The van der Waals surface area contributed by atoms with Crippen LogP contribution in [-0.2, 0) is 9.53 Å². The molecule has 0 aliphatic heterocycles. The lowest BCUT2D eigenvalue weighted by atomic mass is 9.95. The number of ether oxygens (including phenoxy) is 1. The zero-order valence-electron chi connectivity index (χ0n) is 13.0. The van der Waals surface area contributed by atoms with Crippen molar-refractivity contribution in [2.45, 2.75) is 50.2 Å². The van der Waals surface area contributed by atoms with Crippen molar-refractivity contribution >= 4 is 29.3 Å². The number of hydrogen-bond acceptors (Lipinski definition) is 5. The molecule has 21 heavy (non-hydrogen) atoms. The molecule has 0 radical (unpaired) electrons. The number of nitrogens with one attached hydrogen (secondary N) is 1. The summed E-state index contributed by atoms with van der Waals surface area (Å²) < 4.78 is 4.91. The Labute approximate surface area is 136 Å². The summed E-state index contributed by atoms with van der Waals surface area (Å²) in [5.74, 6) is 0.625. The van der Waals surface area contributed by atoms with Crippen molar-refractivity contribution in [3.05, 3.63) is 23.4 Å². The molecule has 1 atom stereocenters. The van der Waals surface area contributed by atoms with Crippen LogP contribution in [0.5, 0.6) is 0 Å². The number of aromatic nitrogens is 1. The van der Waals surface area contributed by atoms with Crippen molar-refractivity contribution in [2.24, 2.45) is 0 Å². The van der Waals surface area contributed by atoms with E-state index in [4.69, 9.17) is 16.3 Å². The van der Waals surface area contributed by atoms with Gasteiger partial charge in [0.05, 0.1) is 12.1 Å².